The number of nitrogens with zero attached hydrogens (tertiary/aromatic N) is 3. The van der Waals surface area contributed by atoms with Crippen molar-refractivity contribution in [3.63, 3.8) is 0 Å². The number of halogens is 3. The highest BCUT2D eigenvalue weighted by atomic mass is 19.4. The minimum absolute atomic E-state index is 0.286. The molecule has 2 rings (SSSR count). The van der Waals surface area contributed by atoms with E-state index < -0.39 is 39.7 Å². The first kappa shape index (κ1) is 14.8. The van der Waals surface area contributed by atoms with E-state index in [2.05, 4.69) is 9.99 Å². The summed E-state index contributed by atoms with van der Waals surface area (Å²) in [7, 11) is 2.24. The molecule has 1 heterocycles. The number of non-ortho nitro benzene ring substituents is 1. The Morgan fingerprint density at radius 2 is 2.00 bits per heavy atom. The van der Waals surface area contributed by atoms with Gasteiger partial charge in [0.15, 0.2) is 5.71 Å². The summed E-state index contributed by atoms with van der Waals surface area (Å²) in [6.07, 6.45) is -4.85. The summed E-state index contributed by atoms with van der Waals surface area (Å²) in [5.41, 5.74) is -3.24. The molecule has 0 aliphatic carbocycles. The molecular formula is C11H8F3N3O4. The smallest absolute Gasteiger partial charge is 0.398 e. The number of carbonyl (C=O) groups excluding carboxylic acids is 1. The first-order valence-corrected chi connectivity index (χ1v) is 5.47. The first-order valence-electron chi connectivity index (χ1n) is 5.47. The zero-order valence-electron chi connectivity index (χ0n) is 10.8. The normalized spacial score (nSPS) is 16.3. The van der Waals surface area contributed by atoms with Gasteiger partial charge >= 0.3 is 6.18 Å². The van der Waals surface area contributed by atoms with Gasteiger partial charge in [0.2, 0.25) is 0 Å². The molecule has 112 valence electrons. The van der Waals surface area contributed by atoms with Gasteiger partial charge < -0.3 is 9.74 Å². The number of alkyl halides is 3. The van der Waals surface area contributed by atoms with Gasteiger partial charge in [0, 0.05) is 24.7 Å². The number of nitro groups is 1. The molecule has 0 N–H and O–H groups in total. The summed E-state index contributed by atoms with van der Waals surface area (Å²) in [6.45, 7) is 0. The van der Waals surface area contributed by atoms with Crippen LogP contribution < -0.4 is 4.90 Å². The Morgan fingerprint density at radius 3 is 2.48 bits per heavy atom. The second-order valence-corrected chi connectivity index (χ2v) is 4.13. The van der Waals surface area contributed by atoms with Crippen molar-refractivity contribution in [2.45, 2.75) is 6.18 Å². The molecule has 1 aliphatic rings. The molecule has 1 aliphatic heterocycles. The van der Waals surface area contributed by atoms with Crippen LogP contribution in [0.1, 0.15) is 11.1 Å². The number of anilines is 1. The number of fused-ring (bicyclic) bond motifs is 1. The predicted octanol–water partition coefficient (Wildman–Crippen LogP) is 1.94. The van der Waals surface area contributed by atoms with Crippen LogP contribution in [0, 0.1) is 10.1 Å². The second-order valence-electron chi connectivity index (χ2n) is 4.13. The van der Waals surface area contributed by atoms with E-state index in [0.717, 1.165) is 25.1 Å². The fourth-order valence-electron chi connectivity index (χ4n) is 2.04. The number of hydrogen-bond donors (Lipinski definition) is 0. The number of nitro benzene ring substituents is 1. The van der Waals surface area contributed by atoms with Crippen LogP contribution in [-0.2, 0) is 15.8 Å². The minimum atomic E-state index is -4.85. The standard InChI is InChI=1S/C11H8F3N3O4/c1-16-9-6(8(10(16)18)15-21-2)3-5(17(19)20)4-7(9)11(12,13)14/h3-4H,1-2H3/b15-8-. The highest BCUT2D eigenvalue weighted by molar-refractivity contribution is 6.54. The first-order chi connectivity index (χ1) is 9.68. The van der Waals surface area contributed by atoms with Gasteiger partial charge in [-0.2, -0.15) is 13.2 Å². The van der Waals surface area contributed by atoms with E-state index in [9.17, 15) is 28.1 Å². The van der Waals surface area contributed by atoms with E-state index in [-0.39, 0.29) is 5.56 Å². The number of amides is 1. The lowest BCUT2D eigenvalue weighted by Gasteiger charge is -2.16. The zero-order valence-corrected chi connectivity index (χ0v) is 10.8. The summed E-state index contributed by atoms with van der Waals surface area (Å²) >= 11 is 0. The Bertz CT molecular complexity index is 669. The molecule has 0 bridgehead atoms. The molecule has 1 aromatic rings. The van der Waals surface area contributed by atoms with Crippen LogP contribution in [-0.4, -0.2) is 30.7 Å². The zero-order chi connectivity index (χ0) is 15.9. The molecule has 0 saturated carbocycles. The predicted molar refractivity (Wildman–Crippen MR) is 65.1 cm³/mol. The van der Waals surface area contributed by atoms with E-state index in [1.165, 1.54) is 0 Å². The molecular weight excluding hydrogens is 295 g/mol. The van der Waals surface area contributed by atoms with Crippen molar-refractivity contribution in [1.82, 2.24) is 0 Å². The molecule has 0 saturated heterocycles. The van der Waals surface area contributed by atoms with Crippen molar-refractivity contribution in [2.24, 2.45) is 5.16 Å². The number of hydrogen-bond acceptors (Lipinski definition) is 5. The molecule has 1 aromatic carbocycles. The molecule has 7 nitrogen and oxygen atoms in total. The van der Waals surface area contributed by atoms with Gasteiger partial charge in [-0.3, -0.25) is 14.9 Å². The van der Waals surface area contributed by atoms with Gasteiger partial charge in [-0.1, -0.05) is 5.16 Å². The van der Waals surface area contributed by atoms with Crippen molar-refractivity contribution >= 4 is 23.0 Å². The molecule has 0 aromatic heterocycles. The van der Waals surface area contributed by atoms with Crippen LogP contribution in [0.3, 0.4) is 0 Å². The van der Waals surface area contributed by atoms with Crippen molar-refractivity contribution in [2.75, 3.05) is 19.1 Å². The van der Waals surface area contributed by atoms with E-state index in [4.69, 9.17) is 0 Å². The van der Waals surface area contributed by atoms with Gasteiger partial charge in [0.1, 0.15) is 7.11 Å². The van der Waals surface area contributed by atoms with Crippen molar-refractivity contribution in [3.05, 3.63) is 33.4 Å². The molecule has 0 fully saturated rings. The van der Waals surface area contributed by atoms with Crippen molar-refractivity contribution in [1.29, 1.82) is 0 Å². The molecule has 10 heteroatoms. The fourth-order valence-corrected chi connectivity index (χ4v) is 2.04. The lowest BCUT2D eigenvalue weighted by Crippen LogP contribution is -2.26. The van der Waals surface area contributed by atoms with Crippen LogP contribution in [0.5, 0.6) is 0 Å². The van der Waals surface area contributed by atoms with Crippen LogP contribution in [0.25, 0.3) is 0 Å². The minimum Gasteiger partial charge on any atom is -0.398 e. The Morgan fingerprint density at radius 1 is 1.38 bits per heavy atom. The monoisotopic (exact) mass is 303 g/mol. The summed E-state index contributed by atoms with van der Waals surface area (Å²) in [4.78, 5) is 26.8. The Kier molecular flexibility index (Phi) is 3.32. The van der Waals surface area contributed by atoms with E-state index in [1.807, 2.05) is 0 Å². The van der Waals surface area contributed by atoms with Gasteiger partial charge in [-0.25, -0.2) is 0 Å². The Balaban J connectivity index is 2.84. The average Bonchev–Trinajstić information content (AvgIpc) is 2.62. The maximum Gasteiger partial charge on any atom is 0.418 e. The highest BCUT2D eigenvalue weighted by Gasteiger charge is 2.44. The average molecular weight is 303 g/mol. The van der Waals surface area contributed by atoms with Gasteiger partial charge in [0.05, 0.1) is 16.2 Å². The topological polar surface area (TPSA) is 85.0 Å². The van der Waals surface area contributed by atoms with Crippen LogP contribution in [0.4, 0.5) is 24.5 Å². The van der Waals surface area contributed by atoms with Crippen LogP contribution in [0.15, 0.2) is 17.3 Å². The largest absolute Gasteiger partial charge is 0.418 e. The van der Waals surface area contributed by atoms with Crippen LogP contribution in [0.2, 0.25) is 0 Å². The van der Waals surface area contributed by atoms with Crippen molar-refractivity contribution < 1.29 is 27.7 Å². The van der Waals surface area contributed by atoms with Gasteiger partial charge in [0.25, 0.3) is 11.6 Å². The van der Waals surface area contributed by atoms with Gasteiger partial charge in [-0.05, 0) is 0 Å². The SMILES string of the molecule is CO/N=C1\C(=O)N(C)c2c1cc([N+](=O)[O-])cc2C(F)(F)F. The van der Waals surface area contributed by atoms with Crippen molar-refractivity contribution in [3.8, 4) is 0 Å². The second kappa shape index (κ2) is 4.72. The maximum atomic E-state index is 13.1. The third-order valence-electron chi connectivity index (χ3n) is 2.89. The van der Waals surface area contributed by atoms with Crippen LogP contribution >= 0.6 is 0 Å². The highest BCUT2D eigenvalue weighted by Crippen LogP contribution is 2.43. The molecule has 0 spiro atoms. The Labute approximate surface area is 115 Å². The quantitative estimate of drug-likeness (QED) is 0.617. The molecule has 0 atom stereocenters. The third kappa shape index (κ3) is 2.28. The number of carbonyl (C=O) groups is 1. The van der Waals surface area contributed by atoms with Gasteiger partial charge in [-0.15, -0.1) is 0 Å². The Hall–Kier alpha value is -2.65. The summed E-state index contributed by atoms with van der Waals surface area (Å²) < 4.78 is 39.2. The lowest BCUT2D eigenvalue weighted by molar-refractivity contribution is -0.385. The molecule has 1 amide bonds. The third-order valence-corrected chi connectivity index (χ3v) is 2.89. The molecule has 21 heavy (non-hydrogen) atoms. The number of rotatable bonds is 2. The number of benzene rings is 1. The molecule has 0 unspecified atom stereocenters. The van der Waals surface area contributed by atoms with E-state index in [1.54, 1.807) is 0 Å². The maximum absolute atomic E-state index is 13.1. The summed E-state index contributed by atoms with van der Waals surface area (Å²) in [6, 6.07) is 1.25. The van der Waals surface area contributed by atoms with E-state index >= 15 is 0 Å². The molecule has 0 radical (unpaired) electrons. The lowest BCUT2D eigenvalue weighted by atomic mass is 10.0. The summed E-state index contributed by atoms with van der Waals surface area (Å²) in [5.74, 6) is -0.835. The fraction of sp³-hybridized carbons (Fsp3) is 0.273. The number of oxime groups is 1. The number of likely N-dealkylation sites (N-methyl/N-ethyl adjacent to an activating group) is 1. The summed E-state index contributed by atoms with van der Waals surface area (Å²) in [5, 5.41) is 14.1. The van der Waals surface area contributed by atoms with E-state index in [0.29, 0.717) is 6.07 Å².